The van der Waals surface area contributed by atoms with E-state index in [4.69, 9.17) is 9.15 Å². The van der Waals surface area contributed by atoms with Crippen molar-refractivity contribution in [2.45, 2.75) is 135 Å². The maximum absolute atomic E-state index is 12.2. The summed E-state index contributed by atoms with van der Waals surface area (Å²) in [5, 5.41) is 0.725. The number of unbranched alkanes of at least 4 members (excludes halogenated alkanes) is 19. The lowest BCUT2D eigenvalue weighted by Crippen LogP contribution is -2.16. The second-order valence-electron chi connectivity index (χ2n) is 10.3. The van der Waals surface area contributed by atoms with Gasteiger partial charge in [-0.2, -0.15) is 0 Å². The molecular weight excluding hydrogens is 448 g/mol. The minimum Gasteiger partial charge on any atom is -0.462 e. The van der Waals surface area contributed by atoms with Crippen LogP contribution in [0.25, 0.3) is 11.0 Å². The predicted molar refractivity (Wildman–Crippen MR) is 151 cm³/mol. The van der Waals surface area contributed by atoms with Crippen molar-refractivity contribution in [3.63, 3.8) is 0 Å². The first kappa shape index (κ1) is 30.1. The summed E-state index contributed by atoms with van der Waals surface area (Å²) < 4.78 is 10.5. The average molecular weight is 499 g/mol. The maximum atomic E-state index is 12.2. The third-order valence-electron chi connectivity index (χ3n) is 7.09. The second kappa shape index (κ2) is 20.0. The van der Waals surface area contributed by atoms with Gasteiger partial charge in [-0.1, -0.05) is 147 Å². The van der Waals surface area contributed by atoms with Crippen LogP contribution in [0.2, 0.25) is 0 Å². The zero-order chi connectivity index (χ0) is 25.7. The number of rotatable bonds is 22. The van der Waals surface area contributed by atoms with Crippen LogP contribution in [0.15, 0.2) is 39.5 Å². The highest BCUT2D eigenvalue weighted by Crippen LogP contribution is 2.16. The summed E-state index contributed by atoms with van der Waals surface area (Å²) in [5.74, 6) is -0.590. The molecule has 0 N–H and O–H groups in total. The summed E-state index contributed by atoms with van der Waals surface area (Å²) >= 11 is 0. The molecule has 1 aromatic carbocycles. The fourth-order valence-corrected chi connectivity index (χ4v) is 4.80. The number of ether oxygens (including phenoxy) is 1. The van der Waals surface area contributed by atoms with E-state index in [-0.39, 0.29) is 5.56 Å². The van der Waals surface area contributed by atoms with E-state index in [2.05, 4.69) is 6.92 Å². The summed E-state index contributed by atoms with van der Waals surface area (Å²) in [6.07, 6.45) is 26.8. The van der Waals surface area contributed by atoms with E-state index in [9.17, 15) is 9.59 Å². The third-order valence-corrected chi connectivity index (χ3v) is 7.09. The van der Waals surface area contributed by atoms with Crippen LogP contribution in [-0.4, -0.2) is 12.6 Å². The van der Waals surface area contributed by atoms with E-state index >= 15 is 0 Å². The third kappa shape index (κ3) is 13.3. The van der Waals surface area contributed by atoms with E-state index in [0.29, 0.717) is 12.2 Å². The lowest BCUT2D eigenvalue weighted by Gasteiger charge is -2.05. The van der Waals surface area contributed by atoms with Crippen molar-refractivity contribution in [2.75, 3.05) is 6.61 Å². The number of benzene rings is 1. The quantitative estimate of drug-likeness (QED) is 0.0920. The van der Waals surface area contributed by atoms with E-state index < -0.39 is 11.6 Å². The number of carbonyl (C=O) groups is 1. The van der Waals surface area contributed by atoms with Crippen LogP contribution in [-0.2, 0) is 4.74 Å². The van der Waals surface area contributed by atoms with Crippen LogP contribution in [0.1, 0.15) is 146 Å². The molecule has 1 heterocycles. The molecule has 0 bridgehead atoms. The summed E-state index contributed by atoms with van der Waals surface area (Å²) in [5.41, 5.74) is -0.183. The zero-order valence-corrected chi connectivity index (χ0v) is 22.9. The number of hydrogen-bond acceptors (Lipinski definition) is 4. The van der Waals surface area contributed by atoms with Crippen LogP contribution in [0.4, 0.5) is 0 Å². The molecule has 36 heavy (non-hydrogen) atoms. The monoisotopic (exact) mass is 498 g/mol. The smallest absolute Gasteiger partial charge is 0.351 e. The number of fused-ring (bicyclic) bond motifs is 1. The minimum atomic E-state index is -0.637. The highest BCUT2D eigenvalue weighted by atomic mass is 16.5. The van der Waals surface area contributed by atoms with Crippen LogP contribution < -0.4 is 5.63 Å². The SMILES string of the molecule is CCCCCCCCCCCCCCCCCCCCCCOC(=O)c1cc2ccccc2oc1=O. The zero-order valence-electron chi connectivity index (χ0n) is 22.9. The molecule has 0 radical (unpaired) electrons. The van der Waals surface area contributed by atoms with E-state index in [1.54, 1.807) is 18.2 Å². The van der Waals surface area contributed by atoms with Gasteiger partial charge in [0.25, 0.3) is 0 Å². The van der Waals surface area contributed by atoms with Crippen LogP contribution in [0.5, 0.6) is 0 Å². The van der Waals surface area contributed by atoms with E-state index in [1.165, 1.54) is 116 Å². The van der Waals surface area contributed by atoms with Crippen molar-refractivity contribution < 1.29 is 13.9 Å². The van der Waals surface area contributed by atoms with Crippen molar-refractivity contribution in [2.24, 2.45) is 0 Å². The van der Waals surface area contributed by atoms with E-state index in [0.717, 1.165) is 18.2 Å². The fourth-order valence-electron chi connectivity index (χ4n) is 4.80. The Labute approximate surface area is 219 Å². The Kier molecular flexibility index (Phi) is 16.7. The lowest BCUT2D eigenvalue weighted by molar-refractivity contribution is 0.0493. The summed E-state index contributed by atoms with van der Waals surface area (Å²) in [6.45, 7) is 2.63. The van der Waals surface area contributed by atoms with Crippen LogP contribution in [0.3, 0.4) is 0 Å². The number of para-hydroxylation sites is 1. The van der Waals surface area contributed by atoms with Gasteiger partial charge in [0.05, 0.1) is 6.61 Å². The Bertz CT molecular complexity index is 885. The fraction of sp³-hybridized carbons (Fsp3) is 0.688. The van der Waals surface area contributed by atoms with Crippen molar-refractivity contribution in [1.82, 2.24) is 0 Å². The van der Waals surface area contributed by atoms with Gasteiger partial charge in [0.15, 0.2) is 0 Å². The van der Waals surface area contributed by atoms with Crippen molar-refractivity contribution in [3.05, 3.63) is 46.3 Å². The van der Waals surface area contributed by atoms with Crippen LogP contribution >= 0.6 is 0 Å². The number of esters is 1. The van der Waals surface area contributed by atoms with Crippen molar-refractivity contribution in [1.29, 1.82) is 0 Å². The molecule has 4 heteroatoms. The number of carbonyl (C=O) groups excluding carboxylic acids is 1. The summed E-state index contributed by atoms with van der Waals surface area (Å²) in [7, 11) is 0. The Morgan fingerprint density at radius 3 is 1.61 bits per heavy atom. The second-order valence-corrected chi connectivity index (χ2v) is 10.3. The molecule has 0 spiro atoms. The molecule has 0 unspecified atom stereocenters. The minimum absolute atomic E-state index is 0.0260. The largest absolute Gasteiger partial charge is 0.462 e. The Morgan fingerprint density at radius 2 is 1.11 bits per heavy atom. The molecule has 1 aromatic heterocycles. The maximum Gasteiger partial charge on any atom is 0.351 e. The number of hydrogen-bond donors (Lipinski definition) is 0. The Balaban J connectivity index is 1.34. The Morgan fingerprint density at radius 1 is 0.667 bits per heavy atom. The molecule has 0 saturated carbocycles. The standard InChI is InChI=1S/C32H50O4/c1-2-3-4-5-6-7-8-9-10-11-12-13-14-15-16-17-18-19-20-23-26-35-31(33)29-27-28-24-21-22-25-30(28)36-32(29)34/h21-22,24-25,27H,2-20,23,26H2,1H3. The first-order valence-corrected chi connectivity index (χ1v) is 14.9. The van der Waals surface area contributed by atoms with Gasteiger partial charge >= 0.3 is 11.6 Å². The first-order chi connectivity index (χ1) is 17.7. The molecule has 0 atom stereocenters. The van der Waals surface area contributed by atoms with Gasteiger partial charge in [-0.15, -0.1) is 0 Å². The molecule has 0 amide bonds. The lowest BCUT2D eigenvalue weighted by atomic mass is 10.0. The van der Waals surface area contributed by atoms with Gasteiger partial charge in [0, 0.05) is 5.39 Å². The molecule has 2 aromatic rings. The molecule has 0 saturated heterocycles. The Hall–Kier alpha value is -2.10. The molecule has 0 fully saturated rings. The molecule has 202 valence electrons. The van der Waals surface area contributed by atoms with Gasteiger partial charge in [0.2, 0.25) is 0 Å². The molecular formula is C32H50O4. The summed E-state index contributed by atoms with van der Waals surface area (Å²) in [4.78, 5) is 24.3. The molecule has 0 aliphatic rings. The summed E-state index contributed by atoms with van der Waals surface area (Å²) in [6, 6.07) is 8.72. The molecule has 0 aliphatic carbocycles. The predicted octanol–water partition coefficient (Wildman–Crippen LogP) is 9.77. The average Bonchev–Trinajstić information content (AvgIpc) is 2.89. The topological polar surface area (TPSA) is 56.5 Å². The van der Waals surface area contributed by atoms with Crippen molar-refractivity contribution >= 4 is 16.9 Å². The van der Waals surface area contributed by atoms with E-state index in [1.807, 2.05) is 12.1 Å². The van der Waals surface area contributed by atoms with Gasteiger partial charge < -0.3 is 9.15 Å². The normalized spacial score (nSPS) is 11.2. The van der Waals surface area contributed by atoms with Gasteiger partial charge in [-0.3, -0.25) is 0 Å². The molecule has 2 rings (SSSR count). The van der Waals surface area contributed by atoms with Gasteiger partial charge in [-0.05, 0) is 18.6 Å². The van der Waals surface area contributed by atoms with Gasteiger partial charge in [-0.25, -0.2) is 9.59 Å². The highest BCUT2D eigenvalue weighted by molar-refractivity contribution is 5.92. The van der Waals surface area contributed by atoms with Crippen LogP contribution in [0, 0.1) is 0 Å². The molecule has 0 aliphatic heterocycles. The highest BCUT2D eigenvalue weighted by Gasteiger charge is 2.14. The van der Waals surface area contributed by atoms with Crippen molar-refractivity contribution in [3.8, 4) is 0 Å². The first-order valence-electron chi connectivity index (χ1n) is 14.9. The van der Waals surface area contributed by atoms with Gasteiger partial charge in [0.1, 0.15) is 11.1 Å². The molecule has 4 nitrogen and oxygen atoms in total.